The van der Waals surface area contributed by atoms with E-state index in [0.29, 0.717) is 6.07 Å². The summed E-state index contributed by atoms with van der Waals surface area (Å²) in [5, 5.41) is 2.12. The van der Waals surface area contributed by atoms with Gasteiger partial charge in [0.15, 0.2) is 0 Å². The molecule has 5 N–H and O–H groups in total. The fraction of sp³-hybridized carbons (Fsp3) is 0.200. The highest BCUT2D eigenvalue weighted by Crippen LogP contribution is 2.19. The molecule has 5 nitrogen and oxygen atoms in total. The molecule has 0 fully saturated rings. The predicted octanol–water partition coefficient (Wildman–Crippen LogP) is 0.349. The van der Waals surface area contributed by atoms with E-state index in [-0.39, 0.29) is 5.69 Å². The topological polar surface area (TPSA) is 98.2 Å². The van der Waals surface area contributed by atoms with Gasteiger partial charge in [-0.15, -0.1) is 0 Å². The number of amides is 2. The van der Waals surface area contributed by atoms with Crippen LogP contribution in [0.1, 0.15) is 17.3 Å². The van der Waals surface area contributed by atoms with Gasteiger partial charge in [-0.2, -0.15) is 0 Å². The Hall–Kier alpha value is -2.02. The summed E-state index contributed by atoms with van der Waals surface area (Å²) in [6.45, 7) is 1.39. The number of hydrogen-bond donors (Lipinski definition) is 3. The lowest BCUT2D eigenvalue weighted by molar-refractivity contribution is -0.117. The van der Waals surface area contributed by atoms with Crippen LogP contribution in [-0.4, -0.2) is 17.9 Å². The van der Waals surface area contributed by atoms with Gasteiger partial charge in [0.1, 0.15) is 11.6 Å². The summed E-state index contributed by atoms with van der Waals surface area (Å²) < 4.78 is 26.4. The molecular weight excluding hydrogens is 232 g/mol. The van der Waals surface area contributed by atoms with E-state index >= 15 is 0 Å². The fourth-order valence-electron chi connectivity index (χ4n) is 1.08. The van der Waals surface area contributed by atoms with Crippen LogP contribution in [0.3, 0.4) is 0 Å². The van der Waals surface area contributed by atoms with Crippen LogP contribution < -0.4 is 16.8 Å². The summed E-state index contributed by atoms with van der Waals surface area (Å²) in [6.07, 6.45) is 0. The maximum absolute atomic E-state index is 13.3. The van der Waals surface area contributed by atoms with Gasteiger partial charge >= 0.3 is 0 Å². The van der Waals surface area contributed by atoms with Crippen molar-refractivity contribution in [3.63, 3.8) is 0 Å². The average Bonchev–Trinajstić information content (AvgIpc) is 2.21. The minimum Gasteiger partial charge on any atom is -0.366 e. The number of benzene rings is 1. The van der Waals surface area contributed by atoms with E-state index < -0.39 is 35.1 Å². The van der Waals surface area contributed by atoms with Crippen molar-refractivity contribution in [2.75, 3.05) is 5.32 Å². The Morgan fingerprint density at radius 2 is 1.88 bits per heavy atom. The van der Waals surface area contributed by atoms with E-state index in [2.05, 4.69) is 5.32 Å². The Morgan fingerprint density at radius 1 is 1.29 bits per heavy atom. The van der Waals surface area contributed by atoms with E-state index in [1.54, 1.807) is 0 Å². The maximum atomic E-state index is 13.3. The second kappa shape index (κ2) is 4.88. The van der Waals surface area contributed by atoms with Gasteiger partial charge in [-0.1, -0.05) is 0 Å². The number of carbonyl (C=O) groups is 2. The van der Waals surface area contributed by atoms with Gasteiger partial charge in [-0.3, -0.25) is 9.59 Å². The summed E-state index contributed by atoms with van der Waals surface area (Å²) in [6, 6.07) is 0.431. The molecule has 0 saturated heterocycles. The summed E-state index contributed by atoms with van der Waals surface area (Å²) in [7, 11) is 0. The standard InChI is InChI=1S/C10H11F2N3O2/c1-4(13)10(17)15-8-2-5(9(14)16)6(11)3-7(8)12/h2-4H,13H2,1H3,(H2,14,16)(H,15,17)/t4-/m1/s1. The highest BCUT2D eigenvalue weighted by Gasteiger charge is 2.16. The summed E-state index contributed by atoms with van der Waals surface area (Å²) in [4.78, 5) is 22.0. The zero-order valence-electron chi connectivity index (χ0n) is 8.96. The third-order valence-electron chi connectivity index (χ3n) is 1.99. The monoisotopic (exact) mass is 243 g/mol. The summed E-state index contributed by atoms with van der Waals surface area (Å²) in [5.74, 6) is -3.82. The average molecular weight is 243 g/mol. The van der Waals surface area contributed by atoms with Gasteiger partial charge < -0.3 is 16.8 Å². The molecule has 1 atom stereocenters. The van der Waals surface area contributed by atoms with Crippen LogP contribution in [0.5, 0.6) is 0 Å². The van der Waals surface area contributed by atoms with E-state index in [0.717, 1.165) is 6.07 Å². The SMILES string of the molecule is C[C@@H](N)C(=O)Nc1cc(C(N)=O)c(F)cc1F. The lowest BCUT2D eigenvalue weighted by atomic mass is 10.1. The third-order valence-corrected chi connectivity index (χ3v) is 1.99. The van der Waals surface area contributed by atoms with Crippen molar-refractivity contribution in [3.8, 4) is 0 Å². The molecule has 7 heteroatoms. The van der Waals surface area contributed by atoms with Crippen LogP contribution in [-0.2, 0) is 4.79 Å². The number of hydrogen-bond acceptors (Lipinski definition) is 3. The molecule has 0 saturated carbocycles. The van der Waals surface area contributed by atoms with Crippen LogP contribution in [0, 0.1) is 11.6 Å². The van der Waals surface area contributed by atoms with Crippen LogP contribution in [0.15, 0.2) is 12.1 Å². The highest BCUT2D eigenvalue weighted by atomic mass is 19.1. The molecule has 0 aromatic heterocycles. The van der Waals surface area contributed by atoms with Crippen LogP contribution in [0.25, 0.3) is 0 Å². The second-order valence-electron chi connectivity index (χ2n) is 3.45. The second-order valence-corrected chi connectivity index (χ2v) is 3.45. The molecule has 0 aliphatic carbocycles. The Labute approximate surface area is 95.8 Å². The molecule has 0 spiro atoms. The molecule has 1 aromatic rings. The molecule has 0 radical (unpaired) electrons. The summed E-state index contributed by atoms with van der Waals surface area (Å²) >= 11 is 0. The smallest absolute Gasteiger partial charge is 0.251 e. The van der Waals surface area contributed by atoms with Gasteiger partial charge in [0.2, 0.25) is 5.91 Å². The van der Waals surface area contributed by atoms with Gasteiger partial charge in [-0.05, 0) is 13.0 Å². The van der Waals surface area contributed by atoms with Crippen molar-refractivity contribution in [1.29, 1.82) is 0 Å². The van der Waals surface area contributed by atoms with Crippen LogP contribution in [0.2, 0.25) is 0 Å². The van der Waals surface area contributed by atoms with Crippen LogP contribution in [0.4, 0.5) is 14.5 Å². The predicted molar refractivity (Wildman–Crippen MR) is 57.2 cm³/mol. The quantitative estimate of drug-likeness (QED) is 0.714. The molecule has 1 aromatic carbocycles. The first kappa shape index (κ1) is 13.0. The number of nitrogens with one attached hydrogen (secondary N) is 1. The summed E-state index contributed by atoms with van der Waals surface area (Å²) in [5.41, 5.74) is 9.29. The van der Waals surface area contributed by atoms with Crippen molar-refractivity contribution < 1.29 is 18.4 Å². The first-order chi connectivity index (χ1) is 7.82. The Bertz CT molecular complexity index is 475. The molecule has 92 valence electrons. The van der Waals surface area contributed by atoms with E-state index in [1.165, 1.54) is 6.92 Å². The molecule has 0 bridgehead atoms. The number of anilines is 1. The molecule has 0 heterocycles. The maximum Gasteiger partial charge on any atom is 0.251 e. The molecule has 0 unspecified atom stereocenters. The zero-order chi connectivity index (χ0) is 13.2. The minimum absolute atomic E-state index is 0.345. The molecule has 17 heavy (non-hydrogen) atoms. The van der Waals surface area contributed by atoms with E-state index in [1.807, 2.05) is 0 Å². The third kappa shape index (κ3) is 2.97. The molecule has 1 rings (SSSR count). The van der Waals surface area contributed by atoms with Crippen molar-refractivity contribution in [1.82, 2.24) is 0 Å². The van der Waals surface area contributed by atoms with E-state index in [4.69, 9.17) is 11.5 Å². The fourth-order valence-corrected chi connectivity index (χ4v) is 1.08. The van der Waals surface area contributed by atoms with Crippen molar-refractivity contribution in [3.05, 3.63) is 29.3 Å². The largest absolute Gasteiger partial charge is 0.366 e. The van der Waals surface area contributed by atoms with Crippen molar-refractivity contribution >= 4 is 17.5 Å². The zero-order valence-corrected chi connectivity index (χ0v) is 8.96. The Balaban J connectivity index is 3.12. The minimum atomic E-state index is -1.09. The first-order valence-corrected chi connectivity index (χ1v) is 4.68. The van der Waals surface area contributed by atoms with Gasteiger partial charge in [0.25, 0.3) is 5.91 Å². The number of primary amides is 1. The normalized spacial score (nSPS) is 12.0. The molecular formula is C10H11F2N3O2. The van der Waals surface area contributed by atoms with Crippen molar-refractivity contribution in [2.24, 2.45) is 11.5 Å². The van der Waals surface area contributed by atoms with E-state index in [9.17, 15) is 18.4 Å². The molecule has 0 aliphatic rings. The van der Waals surface area contributed by atoms with Gasteiger partial charge in [0, 0.05) is 6.07 Å². The Morgan fingerprint density at radius 3 is 2.35 bits per heavy atom. The van der Waals surface area contributed by atoms with Gasteiger partial charge in [-0.25, -0.2) is 8.78 Å². The molecule has 0 aliphatic heterocycles. The number of carbonyl (C=O) groups excluding carboxylic acids is 2. The molecule has 2 amide bonds. The number of nitrogens with two attached hydrogens (primary N) is 2. The van der Waals surface area contributed by atoms with Crippen molar-refractivity contribution in [2.45, 2.75) is 13.0 Å². The Kier molecular flexibility index (Phi) is 3.74. The lowest BCUT2D eigenvalue weighted by Crippen LogP contribution is -2.33. The van der Waals surface area contributed by atoms with Gasteiger partial charge in [0.05, 0.1) is 17.3 Å². The van der Waals surface area contributed by atoms with Crippen LogP contribution >= 0.6 is 0 Å². The number of halogens is 2. The number of rotatable bonds is 3. The first-order valence-electron chi connectivity index (χ1n) is 4.68. The lowest BCUT2D eigenvalue weighted by Gasteiger charge is -2.10. The highest BCUT2D eigenvalue weighted by molar-refractivity contribution is 5.98.